The van der Waals surface area contributed by atoms with Gasteiger partial charge in [0.2, 0.25) is 0 Å². The van der Waals surface area contributed by atoms with E-state index in [1.807, 2.05) is 31.2 Å². The van der Waals surface area contributed by atoms with E-state index in [-0.39, 0.29) is 0 Å². The SMILES string of the molecule is CCNC(=NCc1ccccc1Cl)NCCc1csc(C)n1. The first kappa shape index (κ1) is 16.8. The van der Waals surface area contributed by atoms with Crippen molar-refractivity contribution in [3.63, 3.8) is 0 Å². The summed E-state index contributed by atoms with van der Waals surface area (Å²) in [6.45, 7) is 6.26. The lowest BCUT2D eigenvalue weighted by atomic mass is 10.2. The van der Waals surface area contributed by atoms with Gasteiger partial charge in [0.1, 0.15) is 0 Å². The predicted molar refractivity (Wildman–Crippen MR) is 94.8 cm³/mol. The lowest BCUT2D eigenvalue weighted by Crippen LogP contribution is -2.38. The Morgan fingerprint density at radius 1 is 1.32 bits per heavy atom. The molecule has 0 aliphatic rings. The van der Waals surface area contributed by atoms with Crippen molar-refractivity contribution in [1.82, 2.24) is 15.6 Å². The third-order valence-corrected chi connectivity index (χ3v) is 4.24. The van der Waals surface area contributed by atoms with Crippen LogP contribution in [0.5, 0.6) is 0 Å². The standard InChI is InChI=1S/C16H21ClN4S/c1-3-18-16(19-9-8-14-11-22-12(2)21-14)20-10-13-6-4-5-7-15(13)17/h4-7,11H,3,8-10H2,1-2H3,(H2,18,19,20). The van der Waals surface area contributed by atoms with Gasteiger partial charge in [-0.3, -0.25) is 0 Å². The zero-order chi connectivity index (χ0) is 15.8. The van der Waals surface area contributed by atoms with Crippen LogP contribution in [0.1, 0.15) is 23.2 Å². The highest BCUT2D eigenvalue weighted by Crippen LogP contribution is 2.15. The van der Waals surface area contributed by atoms with Crippen molar-refractivity contribution in [2.45, 2.75) is 26.8 Å². The van der Waals surface area contributed by atoms with Crippen molar-refractivity contribution < 1.29 is 0 Å². The number of aryl methyl sites for hydroxylation is 1. The molecule has 0 saturated heterocycles. The summed E-state index contributed by atoms with van der Waals surface area (Å²) in [7, 11) is 0. The summed E-state index contributed by atoms with van der Waals surface area (Å²) < 4.78 is 0. The number of aromatic nitrogens is 1. The van der Waals surface area contributed by atoms with E-state index >= 15 is 0 Å². The van der Waals surface area contributed by atoms with Crippen LogP contribution in [0.15, 0.2) is 34.6 Å². The van der Waals surface area contributed by atoms with Gasteiger partial charge in [0.05, 0.1) is 17.2 Å². The molecule has 2 aromatic rings. The van der Waals surface area contributed by atoms with Crippen molar-refractivity contribution in [2.24, 2.45) is 4.99 Å². The van der Waals surface area contributed by atoms with Gasteiger partial charge in [-0.15, -0.1) is 11.3 Å². The molecule has 0 radical (unpaired) electrons. The Morgan fingerprint density at radius 3 is 2.82 bits per heavy atom. The number of hydrogen-bond acceptors (Lipinski definition) is 3. The summed E-state index contributed by atoms with van der Waals surface area (Å²) in [5, 5.41) is 10.5. The maximum absolute atomic E-state index is 6.15. The summed E-state index contributed by atoms with van der Waals surface area (Å²) in [5.41, 5.74) is 2.15. The van der Waals surface area contributed by atoms with E-state index < -0.39 is 0 Å². The molecule has 6 heteroatoms. The average Bonchev–Trinajstić information content (AvgIpc) is 2.92. The molecule has 118 valence electrons. The van der Waals surface area contributed by atoms with Crippen LogP contribution in [0.4, 0.5) is 0 Å². The molecule has 2 rings (SSSR count). The molecule has 2 N–H and O–H groups in total. The Labute approximate surface area is 140 Å². The van der Waals surface area contributed by atoms with Gasteiger partial charge in [0.25, 0.3) is 0 Å². The van der Waals surface area contributed by atoms with Crippen LogP contribution in [0, 0.1) is 6.92 Å². The topological polar surface area (TPSA) is 49.3 Å². The van der Waals surface area contributed by atoms with Gasteiger partial charge in [0, 0.05) is 29.9 Å². The van der Waals surface area contributed by atoms with Crippen LogP contribution in [-0.2, 0) is 13.0 Å². The molecule has 1 aromatic heterocycles. The molecule has 0 spiro atoms. The number of nitrogens with one attached hydrogen (secondary N) is 2. The number of rotatable bonds is 6. The number of nitrogens with zero attached hydrogens (tertiary/aromatic N) is 2. The molecule has 0 fully saturated rings. The zero-order valence-corrected chi connectivity index (χ0v) is 14.5. The summed E-state index contributed by atoms with van der Waals surface area (Å²) in [4.78, 5) is 9.03. The molecule has 22 heavy (non-hydrogen) atoms. The van der Waals surface area contributed by atoms with E-state index in [0.29, 0.717) is 6.54 Å². The van der Waals surface area contributed by atoms with E-state index in [4.69, 9.17) is 11.6 Å². The molecule has 0 aliphatic carbocycles. The summed E-state index contributed by atoms with van der Waals surface area (Å²) >= 11 is 7.84. The zero-order valence-electron chi connectivity index (χ0n) is 12.9. The quantitative estimate of drug-likeness (QED) is 0.628. The second-order valence-corrected chi connectivity index (χ2v) is 6.29. The first-order chi connectivity index (χ1) is 10.7. The second-order valence-electron chi connectivity index (χ2n) is 4.82. The first-order valence-electron chi connectivity index (χ1n) is 7.35. The lowest BCUT2D eigenvalue weighted by molar-refractivity contribution is 0.790. The molecule has 0 aliphatic heterocycles. The van der Waals surface area contributed by atoms with Crippen LogP contribution in [-0.4, -0.2) is 24.0 Å². The summed E-state index contributed by atoms with van der Waals surface area (Å²) in [6.07, 6.45) is 0.890. The van der Waals surface area contributed by atoms with Crippen molar-refractivity contribution in [1.29, 1.82) is 0 Å². The molecular formula is C16H21ClN4S. The van der Waals surface area contributed by atoms with Crippen molar-refractivity contribution in [3.8, 4) is 0 Å². The smallest absolute Gasteiger partial charge is 0.191 e. The van der Waals surface area contributed by atoms with Gasteiger partial charge in [-0.25, -0.2) is 9.98 Å². The van der Waals surface area contributed by atoms with E-state index in [9.17, 15) is 0 Å². The maximum atomic E-state index is 6.15. The molecule has 0 atom stereocenters. The summed E-state index contributed by atoms with van der Waals surface area (Å²) in [5.74, 6) is 0.800. The Kier molecular flexibility index (Phi) is 6.68. The molecule has 0 bridgehead atoms. The van der Waals surface area contributed by atoms with Gasteiger partial charge in [-0.2, -0.15) is 0 Å². The number of guanidine groups is 1. The Hall–Kier alpha value is -1.59. The molecule has 0 amide bonds. The van der Waals surface area contributed by atoms with E-state index in [0.717, 1.165) is 46.8 Å². The number of thiazole rings is 1. The summed E-state index contributed by atoms with van der Waals surface area (Å²) in [6, 6.07) is 7.78. The minimum atomic E-state index is 0.560. The average molecular weight is 337 g/mol. The number of benzene rings is 1. The highest BCUT2D eigenvalue weighted by molar-refractivity contribution is 7.09. The molecular weight excluding hydrogens is 316 g/mol. The van der Waals surface area contributed by atoms with Gasteiger partial charge >= 0.3 is 0 Å². The van der Waals surface area contributed by atoms with E-state index in [2.05, 4.69) is 32.9 Å². The van der Waals surface area contributed by atoms with Crippen LogP contribution < -0.4 is 10.6 Å². The van der Waals surface area contributed by atoms with Gasteiger partial charge < -0.3 is 10.6 Å². The second kappa shape index (κ2) is 8.76. The third-order valence-electron chi connectivity index (χ3n) is 3.05. The van der Waals surface area contributed by atoms with Gasteiger partial charge in [-0.05, 0) is 25.5 Å². The highest BCUT2D eigenvalue weighted by atomic mass is 35.5. The minimum Gasteiger partial charge on any atom is -0.357 e. The fourth-order valence-electron chi connectivity index (χ4n) is 1.96. The van der Waals surface area contributed by atoms with Gasteiger partial charge in [0.15, 0.2) is 5.96 Å². The Bertz CT molecular complexity index is 624. The van der Waals surface area contributed by atoms with Crippen LogP contribution in [0.3, 0.4) is 0 Å². The maximum Gasteiger partial charge on any atom is 0.191 e. The van der Waals surface area contributed by atoms with E-state index in [1.165, 1.54) is 0 Å². The van der Waals surface area contributed by atoms with Crippen molar-refractivity contribution >= 4 is 28.9 Å². The Balaban J connectivity index is 1.88. The van der Waals surface area contributed by atoms with Crippen molar-refractivity contribution in [3.05, 3.63) is 50.9 Å². The van der Waals surface area contributed by atoms with Gasteiger partial charge in [-0.1, -0.05) is 29.8 Å². The minimum absolute atomic E-state index is 0.560. The molecule has 1 aromatic carbocycles. The number of hydrogen-bond donors (Lipinski definition) is 2. The number of aliphatic imine (C=N–C) groups is 1. The predicted octanol–water partition coefficient (Wildman–Crippen LogP) is 3.40. The normalized spacial score (nSPS) is 11.5. The molecule has 0 saturated carbocycles. The highest BCUT2D eigenvalue weighted by Gasteiger charge is 2.02. The third kappa shape index (κ3) is 5.31. The van der Waals surface area contributed by atoms with Crippen LogP contribution in [0.25, 0.3) is 0 Å². The molecule has 1 heterocycles. The Morgan fingerprint density at radius 2 is 2.14 bits per heavy atom. The number of halogens is 1. The fourth-order valence-corrected chi connectivity index (χ4v) is 2.81. The fraction of sp³-hybridized carbons (Fsp3) is 0.375. The lowest BCUT2D eigenvalue weighted by Gasteiger charge is -2.11. The van der Waals surface area contributed by atoms with E-state index in [1.54, 1.807) is 11.3 Å². The molecule has 4 nitrogen and oxygen atoms in total. The largest absolute Gasteiger partial charge is 0.357 e. The van der Waals surface area contributed by atoms with Crippen molar-refractivity contribution in [2.75, 3.05) is 13.1 Å². The molecule has 0 unspecified atom stereocenters. The van der Waals surface area contributed by atoms with Crippen LogP contribution >= 0.6 is 22.9 Å². The first-order valence-corrected chi connectivity index (χ1v) is 8.61. The van der Waals surface area contributed by atoms with Crippen LogP contribution in [0.2, 0.25) is 5.02 Å². The monoisotopic (exact) mass is 336 g/mol.